The van der Waals surface area contributed by atoms with E-state index in [0.29, 0.717) is 22.7 Å². The van der Waals surface area contributed by atoms with E-state index in [0.717, 1.165) is 5.69 Å². The Hall–Kier alpha value is -2.12. The van der Waals surface area contributed by atoms with Crippen LogP contribution in [0.3, 0.4) is 0 Å². The van der Waals surface area contributed by atoms with Gasteiger partial charge in [-0.2, -0.15) is 4.98 Å². The van der Waals surface area contributed by atoms with Crippen LogP contribution in [0.2, 0.25) is 5.28 Å². The normalized spacial score (nSPS) is 11.7. The number of sulfone groups is 1. The number of hydrogen-bond acceptors (Lipinski definition) is 5. The summed E-state index contributed by atoms with van der Waals surface area (Å²) in [6.45, 7) is 0.355. The molecule has 0 saturated carbocycles. The minimum absolute atomic E-state index is 0.158. The Kier molecular flexibility index (Phi) is 3.76. The van der Waals surface area contributed by atoms with E-state index < -0.39 is 9.84 Å². The number of benzene rings is 1. The third kappa shape index (κ3) is 2.90. The predicted molar refractivity (Wildman–Crippen MR) is 84.9 cm³/mol. The van der Waals surface area contributed by atoms with Crippen LogP contribution >= 0.6 is 11.6 Å². The number of aromatic nitrogens is 3. The molecule has 0 unspecified atom stereocenters. The summed E-state index contributed by atoms with van der Waals surface area (Å²) in [4.78, 5) is 4.45. The van der Waals surface area contributed by atoms with Gasteiger partial charge in [-0.1, -0.05) is 18.2 Å². The van der Waals surface area contributed by atoms with Crippen molar-refractivity contribution < 1.29 is 8.42 Å². The molecule has 0 aliphatic rings. The van der Waals surface area contributed by atoms with E-state index in [4.69, 9.17) is 11.6 Å². The van der Waals surface area contributed by atoms with E-state index in [2.05, 4.69) is 15.4 Å². The molecule has 0 amide bonds. The summed E-state index contributed by atoms with van der Waals surface area (Å²) >= 11 is 5.81. The van der Waals surface area contributed by atoms with Gasteiger partial charge < -0.3 is 5.32 Å². The van der Waals surface area contributed by atoms with Gasteiger partial charge in [0, 0.05) is 19.0 Å². The highest BCUT2D eigenvalue weighted by Crippen LogP contribution is 2.20. The number of anilines is 1. The molecule has 1 N–H and O–H groups in total. The standard InChI is InChI=1S/C14H13ClN4O2S/c1-22(20,21)12-7-3-2-5-10(12)9-16-11-6-4-8-19-13(11)17-14(15)18-19/h2-8,16H,9H2,1H3. The van der Waals surface area contributed by atoms with Crippen molar-refractivity contribution in [3.8, 4) is 0 Å². The highest BCUT2D eigenvalue weighted by molar-refractivity contribution is 7.90. The maximum absolute atomic E-state index is 11.8. The van der Waals surface area contributed by atoms with Gasteiger partial charge >= 0.3 is 0 Å². The van der Waals surface area contributed by atoms with Crippen molar-refractivity contribution in [1.82, 2.24) is 14.6 Å². The first-order chi connectivity index (χ1) is 10.4. The van der Waals surface area contributed by atoms with Crippen molar-refractivity contribution in [2.75, 3.05) is 11.6 Å². The molecule has 114 valence electrons. The van der Waals surface area contributed by atoms with Gasteiger partial charge in [-0.3, -0.25) is 0 Å². The van der Waals surface area contributed by atoms with E-state index in [1.165, 1.54) is 6.26 Å². The summed E-state index contributed by atoms with van der Waals surface area (Å²) in [5.41, 5.74) is 2.01. The molecule has 0 spiro atoms. The molecule has 0 fully saturated rings. The Labute approximate surface area is 132 Å². The number of halogens is 1. The Morgan fingerprint density at radius 1 is 1.23 bits per heavy atom. The molecule has 1 aromatic carbocycles. The first kappa shape index (κ1) is 14.8. The molecule has 6 nitrogen and oxygen atoms in total. The number of hydrogen-bond donors (Lipinski definition) is 1. The average Bonchev–Trinajstić information content (AvgIpc) is 2.85. The van der Waals surface area contributed by atoms with Gasteiger partial charge in [0.25, 0.3) is 0 Å². The van der Waals surface area contributed by atoms with Crippen LogP contribution in [0.1, 0.15) is 5.56 Å². The Balaban J connectivity index is 1.92. The fourth-order valence-corrected chi connectivity index (χ4v) is 3.32. The van der Waals surface area contributed by atoms with Gasteiger partial charge in [0.2, 0.25) is 5.28 Å². The lowest BCUT2D eigenvalue weighted by Crippen LogP contribution is -2.07. The maximum Gasteiger partial charge on any atom is 0.243 e. The quantitative estimate of drug-likeness (QED) is 0.791. The van der Waals surface area contributed by atoms with E-state index in [9.17, 15) is 8.42 Å². The predicted octanol–water partition coefficient (Wildman–Crippen LogP) is 2.40. The molecule has 8 heteroatoms. The van der Waals surface area contributed by atoms with Crippen LogP contribution in [0.25, 0.3) is 5.65 Å². The van der Waals surface area contributed by atoms with Crippen molar-refractivity contribution in [1.29, 1.82) is 0 Å². The average molecular weight is 337 g/mol. The second-order valence-corrected chi connectivity index (χ2v) is 7.13. The molecule has 0 radical (unpaired) electrons. The van der Waals surface area contributed by atoms with Gasteiger partial charge in [0.15, 0.2) is 15.5 Å². The van der Waals surface area contributed by atoms with Crippen molar-refractivity contribution in [3.63, 3.8) is 0 Å². The van der Waals surface area contributed by atoms with E-state index in [1.807, 2.05) is 12.1 Å². The molecule has 0 aliphatic heterocycles. The number of nitrogens with zero attached hydrogens (tertiary/aromatic N) is 3. The van der Waals surface area contributed by atoms with Crippen LogP contribution in [0, 0.1) is 0 Å². The van der Waals surface area contributed by atoms with Gasteiger partial charge in [-0.05, 0) is 35.4 Å². The summed E-state index contributed by atoms with van der Waals surface area (Å²) < 4.78 is 25.2. The largest absolute Gasteiger partial charge is 0.378 e. The zero-order valence-corrected chi connectivity index (χ0v) is 13.3. The van der Waals surface area contributed by atoms with Gasteiger partial charge in [0.1, 0.15) is 0 Å². The number of pyridine rings is 1. The Bertz CT molecular complexity index is 937. The number of rotatable bonds is 4. The molecule has 0 bridgehead atoms. The lowest BCUT2D eigenvalue weighted by atomic mass is 10.2. The van der Waals surface area contributed by atoms with Gasteiger partial charge in [-0.15, -0.1) is 5.10 Å². The summed E-state index contributed by atoms with van der Waals surface area (Å²) in [6.07, 6.45) is 2.94. The van der Waals surface area contributed by atoms with Crippen LogP contribution in [0.4, 0.5) is 5.69 Å². The molecule has 2 heterocycles. The maximum atomic E-state index is 11.8. The van der Waals surface area contributed by atoms with Crippen LogP contribution < -0.4 is 5.32 Å². The van der Waals surface area contributed by atoms with Gasteiger partial charge in [-0.25, -0.2) is 12.9 Å². The van der Waals surface area contributed by atoms with Crippen molar-refractivity contribution in [2.45, 2.75) is 11.4 Å². The summed E-state index contributed by atoms with van der Waals surface area (Å²) in [6, 6.07) is 10.5. The zero-order chi connectivity index (χ0) is 15.7. The highest BCUT2D eigenvalue weighted by Gasteiger charge is 2.13. The third-order valence-corrected chi connectivity index (χ3v) is 4.54. The van der Waals surface area contributed by atoms with E-state index in [1.54, 1.807) is 35.0 Å². The minimum atomic E-state index is -3.27. The Morgan fingerprint density at radius 2 is 2.00 bits per heavy atom. The molecule has 22 heavy (non-hydrogen) atoms. The first-order valence-electron chi connectivity index (χ1n) is 6.48. The molecular formula is C14H13ClN4O2S. The van der Waals surface area contributed by atoms with Crippen LogP contribution in [-0.4, -0.2) is 29.3 Å². The zero-order valence-electron chi connectivity index (χ0n) is 11.7. The second-order valence-electron chi connectivity index (χ2n) is 4.80. The summed E-state index contributed by atoms with van der Waals surface area (Å²) in [5, 5.41) is 7.36. The van der Waals surface area contributed by atoms with Crippen LogP contribution in [0.15, 0.2) is 47.5 Å². The number of nitrogens with one attached hydrogen (secondary N) is 1. The highest BCUT2D eigenvalue weighted by atomic mass is 35.5. The third-order valence-electron chi connectivity index (χ3n) is 3.18. The molecular weight excluding hydrogens is 324 g/mol. The smallest absolute Gasteiger partial charge is 0.243 e. The molecule has 3 rings (SSSR count). The number of fused-ring (bicyclic) bond motifs is 1. The SMILES string of the molecule is CS(=O)(=O)c1ccccc1CNc1cccn2nc(Cl)nc12. The molecule has 2 aromatic heterocycles. The molecule has 0 saturated heterocycles. The molecule has 3 aromatic rings. The second kappa shape index (κ2) is 5.58. The minimum Gasteiger partial charge on any atom is -0.378 e. The topological polar surface area (TPSA) is 76.4 Å². The molecule has 0 aliphatic carbocycles. The van der Waals surface area contributed by atoms with Crippen molar-refractivity contribution >= 4 is 32.8 Å². The van der Waals surface area contributed by atoms with Gasteiger partial charge in [0.05, 0.1) is 10.6 Å². The monoisotopic (exact) mass is 336 g/mol. The summed E-state index contributed by atoms with van der Waals surface area (Å²) in [5.74, 6) is 0. The lowest BCUT2D eigenvalue weighted by molar-refractivity contribution is 0.601. The first-order valence-corrected chi connectivity index (χ1v) is 8.75. The Morgan fingerprint density at radius 3 is 2.77 bits per heavy atom. The van der Waals surface area contributed by atoms with Crippen LogP contribution in [0.5, 0.6) is 0 Å². The summed E-state index contributed by atoms with van der Waals surface area (Å²) in [7, 11) is -3.27. The van der Waals surface area contributed by atoms with E-state index >= 15 is 0 Å². The van der Waals surface area contributed by atoms with E-state index in [-0.39, 0.29) is 5.28 Å². The fraction of sp³-hybridized carbons (Fsp3) is 0.143. The molecule has 0 atom stereocenters. The van der Waals surface area contributed by atoms with Crippen molar-refractivity contribution in [3.05, 3.63) is 53.4 Å². The van der Waals surface area contributed by atoms with Crippen LogP contribution in [-0.2, 0) is 16.4 Å². The fourth-order valence-electron chi connectivity index (χ4n) is 2.22. The van der Waals surface area contributed by atoms with Crippen molar-refractivity contribution in [2.24, 2.45) is 0 Å². The lowest BCUT2D eigenvalue weighted by Gasteiger charge is -2.10.